The minimum atomic E-state index is -0.759. The number of hydrogen-bond acceptors (Lipinski definition) is 6. The van der Waals surface area contributed by atoms with E-state index in [1.807, 2.05) is 71.9 Å². The summed E-state index contributed by atoms with van der Waals surface area (Å²) >= 11 is 8.01. The first-order valence-electron chi connectivity index (χ1n) is 15.4. The molecule has 2 aromatic carbocycles. The summed E-state index contributed by atoms with van der Waals surface area (Å²) in [7, 11) is 0. The Kier molecular flexibility index (Phi) is 11.0. The van der Waals surface area contributed by atoms with Gasteiger partial charge in [0.2, 0.25) is 5.91 Å². The highest BCUT2D eigenvalue weighted by molar-refractivity contribution is 7.17. The summed E-state index contributed by atoms with van der Waals surface area (Å²) in [5, 5.41) is 2.96. The van der Waals surface area contributed by atoms with Gasteiger partial charge in [-0.3, -0.25) is 4.79 Å². The lowest BCUT2D eigenvalue weighted by Gasteiger charge is -2.39. The van der Waals surface area contributed by atoms with Gasteiger partial charge in [0.05, 0.1) is 0 Å². The third-order valence-electron chi connectivity index (χ3n) is 7.67. The zero-order chi connectivity index (χ0) is 33.8. The van der Waals surface area contributed by atoms with E-state index in [9.17, 15) is 14.4 Å². The van der Waals surface area contributed by atoms with Crippen molar-refractivity contribution >= 4 is 41.0 Å². The first-order valence-corrected chi connectivity index (χ1v) is 16.6. The molecule has 46 heavy (non-hydrogen) atoms. The number of halogens is 2. The molecule has 0 aliphatic heterocycles. The smallest absolute Gasteiger partial charge is 0.410 e. The van der Waals surface area contributed by atoms with Gasteiger partial charge < -0.3 is 25.4 Å². The molecule has 1 unspecified atom stereocenters. The predicted octanol–water partition coefficient (Wildman–Crippen LogP) is 8.51. The van der Waals surface area contributed by atoms with Gasteiger partial charge in [-0.05, 0) is 91.0 Å². The van der Waals surface area contributed by atoms with Crippen molar-refractivity contribution in [3.63, 3.8) is 0 Å². The quantitative estimate of drug-likeness (QED) is 0.249. The molecular weight excluding hydrogens is 629 g/mol. The van der Waals surface area contributed by atoms with Gasteiger partial charge >= 0.3 is 12.2 Å². The summed E-state index contributed by atoms with van der Waals surface area (Å²) < 4.78 is 26.8. The fourth-order valence-electron chi connectivity index (χ4n) is 5.67. The number of nitrogens with one attached hydrogen (secondary N) is 1. The zero-order valence-electron chi connectivity index (χ0n) is 27.2. The third kappa shape index (κ3) is 9.22. The molecule has 8 nitrogen and oxygen atoms in total. The van der Waals surface area contributed by atoms with Crippen LogP contribution in [0.1, 0.15) is 93.9 Å². The Morgan fingerprint density at radius 2 is 1.61 bits per heavy atom. The molecule has 0 bridgehead atoms. The molecule has 11 heteroatoms. The summed E-state index contributed by atoms with van der Waals surface area (Å²) in [6.07, 6.45) is 1.73. The molecule has 4 rings (SSSR count). The van der Waals surface area contributed by atoms with Gasteiger partial charge in [0.15, 0.2) is 0 Å². The fraction of sp³-hybridized carbons (Fsp3) is 0.457. The number of nitrogens with two attached hydrogens (primary N) is 1. The largest absolute Gasteiger partial charge is 0.444 e. The molecule has 3 N–H and O–H groups in total. The van der Waals surface area contributed by atoms with Crippen LogP contribution in [-0.4, -0.2) is 52.8 Å². The van der Waals surface area contributed by atoms with Crippen LogP contribution in [0.5, 0.6) is 0 Å². The second kappa shape index (κ2) is 14.4. The Morgan fingerprint density at radius 3 is 2.20 bits per heavy atom. The fourth-order valence-corrected chi connectivity index (χ4v) is 7.10. The average molecular weight is 672 g/mol. The van der Waals surface area contributed by atoms with Crippen molar-refractivity contribution in [3.05, 3.63) is 80.8 Å². The van der Waals surface area contributed by atoms with E-state index >= 15 is 4.39 Å². The molecule has 248 valence electrons. The molecule has 1 saturated carbocycles. The maximum absolute atomic E-state index is 15.2. The number of alkyl carbamates (subject to hydrolysis) is 1. The van der Waals surface area contributed by atoms with Crippen molar-refractivity contribution < 1.29 is 28.2 Å². The second-order valence-electron chi connectivity index (χ2n) is 13.6. The maximum Gasteiger partial charge on any atom is 0.410 e. The van der Waals surface area contributed by atoms with Crippen molar-refractivity contribution in [2.24, 2.45) is 5.73 Å². The Balaban J connectivity index is 1.67. The first kappa shape index (κ1) is 35.2. The van der Waals surface area contributed by atoms with Crippen LogP contribution in [0.3, 0.4) is 0 Å². The number of ether oxygens (including phenoxy) is 2. The summed E-state index contributed by atoms with van der Waals surface area (Å²) in [6.45, 7) is 11.2. The number of nitrogens with zero attached hydrogens (tertiary/aromatic N) is 1. The van der Waals surface area contributed by atoms with E-state index in [2.05, 4.69) is 5.32 Å². The van der Waals surface area contributed by atoms with Crippen molar-refractivity contribution in [1.29, 1.82) is 0 Å². The van der Waals surface area contributed by atoms with Crippen LogP contribution in [0.25, 0.3) is 11.1 Å². The monoisotopic (exact) mass is 671 g/mol. The molecule has 0 saturated heterocycles. The SMILES string of the molecule is CC(C)(C)OC(=O)NC1CCC(N(CC(c2ccccc2)c2cc(-c3c(F)cccc3C(N)=O)c(Cl)s2)C(=O)OC(C)(C)C)CC1. The molecule has 1 fully saturated rings. The van der Waals surface area contributed by atoms with Crippen LogP contribution < -0.4 is 11.1 Å². The number of amides is 3. The van der Waals surface area contributed by atoms with Crippen LogP contribution in [0.2, 0.25) is 4.34 Å². The topological polar surface area (TPSA) is 111 Å². The highest BCUT2D eigenvalue weighted by Crippen LogP contribution is 2.43. The summed E-state index contributed by atoms with van der Waals surface area (Å²) in [5.74, 6) is -1.71. The molecule has 1 aliphatic rings. The number of carbonyl (C=O) groups is 3. The van der Waals surface area contributed by atoms with Crippen LogP contribution in [-0.2, 0) is 9.47 Å². The van der Waals surface area contributed by atoms with Gasteiger partial charge in [0, 0.05) is 46.1 Å². The van der Waals surface area contributed by atoms with E-state index in [0.717, 1.165) is 10.4 Å². The van der Waals surface area contributed by atoms with Gasteiger partial charge in [0.25, 0.3) is 0 Å². The normalized spacial score (nSPS) is 17.6. The minimum absolute atomic E-state index is 0.0367. The van der Waals surface area contributed by atoms with E-state index in [0.29, 0.717) is 35.6 Å². The van der Waals surface area contributed by atoms with E-state index in [1.54, 1.807) is 11.0 Å². The number of primary amides is 1. The third-order valence-corrected chi connectivity index (χ3v) is 9.14. The summed E-state index contributed by atoms with van der Waals surface area (Å²) in [6, 6.07) is 15.4. The van der Waals surface area contributed by atoms with Gasteiger partial charge in [-0.1, -0.05) is 48.0 Å². The Hall–Kier alpha value is -3.63. The van der Waals surface area contributed by atoms with Crippen LogP contribution >= 0.6 is 22.9 Å². The Bertz CT molecular complexity index is 1540. The average Bonchev–Trinajstić information content (AvgIpc) is 3.32. The summed E-state index contributed by atoms with van der Waals surface area (Å²) in [5.41, 5.74) is 5.66. The highest BCUT2D eigenvalue weighted by atomic mass is 35.5. The lowest BCUT2D eigenvalue weighted by Crippen LogP contribution is -2.49. The van der Waals surface area contributed by atoms with Gasteiger partial charge in [-0.15, -0.1) is 11.3 Å². The first-order chi connectivity index (χ1) is 21.5. The van der Waals surface area contributed by atoms with Crippen LogP contribution in [0.15, 0.2) is 54.6 Å². The number of carbonyl (C=O) groups excluding carboxylic acids is 3. The number of benzene rings is 2. The standard InChI is InChI=1S/C35H43ClFN3O5S/c1-34(2,3)44-32(42)39-22-15-17-23(18-16-22)40(33(43)45-35(4,5)6)20-26(21-11-8-7-9-12-21)28-19-25(30(36)46-28)29-24(31(38)41)13-10-14-27(29)37/h7-14,19,22-23,26H,15-18,20H2,1-6H3,(H2,38,41)(H,39,42). The lowest BCUT2D eigenvalue weighted by molar-refractivity contribution is 0.00946. The molecule has 1 atom stereocenters. The highest BCUT2D eigenvalue weighted by Gasteiger charge is 2.35. The van der Waals surface area contributed by atoms with Crippen molar-refractivity contribution in [3.8, 4) is 11.1 Å². The molecule has 3 aromatic rings. The Morgan fingerprint density at radius 1 is 0.978 bits per heavy atom. The molecule has 0 spiro atoms. The second-order valence-corrected chi connectivity index (χ2v) is 15.3. The maximum atomic E-state index is 15.2. The predicted molar refractivity (Wildman–Crippen MR) is 180 cm³/mol. The van der Waals surface area contributed by atoms with Crippen LogP contribution in [0, 0.1) is 5.82 Å². The number of rotatable bonds is 8. The minimum Gasteiger partial charge on any atom is -0.444 e. The van der Waals surface area contributed by atoms with Crippen molar-refractivity contribution in [2.45, 2.75) is 96.4 Å². The van der Waals surface area contributed by atoms with Gasteiger partial charge in [-0.2, -0.15) is 0 Å². The van der Waals surface area contributed by atoms with E-state index in [-0.39, 0.29) is 35.7 Å². The van der Waals surface area contributed by atoms with Gasteiger partial charge in [-0.25, -0.2) is 14.0 Å². The van der Waals surface area contributed by atoms with Crippen molar-refractivity contribution in [1.82, 2.24) is 10.2 Å². The van der Waals surface area contributed by atoms with E-state index in [4.69, 9.17) is 26.8 Å². The van der Waals surface area contributed by atoms with E-state index in [1.165, 1.54) is 29.5 Å². The Labute approximate surface area is 279 Å². The molecule has 0 radical (unpaired) electrons. The molecule has 1 heterocycles. The van der Waals surface area contributed by atoms with Crippen LogP contribution in [0.4, 0.5) is 14.0 Å². The molecule has 3 amide bonds. The molecule has 1 aliphatic carbocycles. The molecule has 1 aromatic heterocycles. The molecular formula is C35H43ClFN3O5S. The lowest BCUT2D eigenvalue weighted by atomic mass is 9.88. The number of hydrogen-bond donors (Lipinski definition) is 2. The van der Waals surface area contributed by atoms with Crippen molar-refractivity contribution in [2.75, 3.05) is 6.54 Å². The summed E-state index contributed by atoms with van der Waals surface area (Å²) in [4.78, 5) is 41.0. The zero-order valence-corrected chi connectivity index (χ0v) is 28.8. The van der Waals surface area contributed by atoms with E-state index < -0.39 is 35.1 Å². The number of thiophene rings is 1. The van der Waals surface area contributed by atoms with Gasteiger partial charge in [0.1, 0.15) is 21.4 Å².